The van der Waals surface area contributed by atoms with E-state index in [1.165, 1.54) is 0 Å². The Morgan fingerprint density at radius 2 is 2.00 bits per heavy atom. The second-order valence-electron chi connectivity index (χ2n) is 3.81. The SMILES string of the molecule is COC(C)(C)CNc1nccnc1C. The number of hydrogen-bond acceptors (Lipinski definition) is 4. The van der Waals surface area contributed by atoms with Crippen molar-refractivity contribution in [1.29, 1.82) is 0 Å². The van der Waals surface area contributed by atoms with Gasteiger partial charge in [0.1, 0.15) is 5.82 Å². The Balaban J connectivity index is 2.58. The minimum Gasteiger partial charge on any atom is -0.377 e. The van der Waals surface area contributed by atoms with E-state index in [1.54, 1.807) is 19.5 Å². The molecule has 0 aliphatic heterocycles. The monoisotopic (exact) mass is 195 g/mol. The highest BCUT2D eigenvalue weighted by Crippen LogP contribution is 2.11. The van der Waals surface area contributed by atoms with Crippen LogP contribution < -0.4 is 5.32 Å². The van der Waals surface area contributed by atoms with Gasteiger partial charge in [0.05, 0.1) is 11.3 Å². The summed E-state index contributed by atoms with van der Waals surface area (Å²) in [6, 6.07) is 0. The lowest BCUT2D eigenvalue weighted by Crippen LogP contribution is -2.32. The van der Waals surface area contributed by atoms with E-state index in [0.29, 0.717) is 6.54 Å². The van der Waals surface area contributed by atoms with Crippen molar-refractivity contribution in [3.63, 3.8) is 0 Å². The third-order valence-electron chi connectivity index (χ3n) is 2.12. The predicted octanol–water partition coefficient (Wildman–Crippen LogP) is 1.62. The van der Waals surface area contributed by atoms with E-state index in [-0.39, 0.29) is 5.60 Å². The van der Waals surface area contributed by atoms with Crippen molar-refractivity contribution >= 4 is 5.82 Å². The second-order valence-corrected chi connectivity index (χ2v) is 3.81. The highest BCUT2D eigenvalue weighted by Gasteiger charge is 2.16. The maximum atomic E-state index is 5.29. The topological polar surface area (TPSA) is 47.0 Å². The van der Waals surface area contributed by atoms with Crippen molar-refractivity contribution in [2.45, 2.75) is 26.4 Å². The van der Waals surface area contributed by atoms with Gasteiger partial charge in [0, 0.05) is 26.0 Å². The molecule has 0 saturated carbocycles. The van der Waals surface area contributed by atoms with Crippen molar-refractivity contribution in [2.24, 2.45) is 0 Å². The number of rotatable bonds is 4. The van der Waals surface area contributed by atoms with Crippen LogP contribution in [0.25, 0.3) is 0 Å². The van der Waals surface area contributed by atoms with E-state index >= 15 is 0 Å². The van der Waals surface area contributed by atoms with Gasteiger partial charge in [-0.1, -0.05) is 0 Å². The summed E-state index contributed by atoms with van der Waals surface area (Å²) in [5.41, 5.74) is 0.712. The number of hydrogen-bond donors (Lipinski definition) is 1. The molecule has 4 heteroatoms. The van der Waals surface area contributed by atoms with Crippen molar-refractivity contribution in [1.82, 2.24) is 9.97 Å². The van der Waals surface area contributed by atoms with Crippen LogP contribution in [0.3, 0.4) is 0 Å². The van der Waals surface area contributed by atoms with E-state index in [2.05, 4.69) is 15.3 Å². The first kappa shape index (κ1) is 10.9. The van der Waals surface area contributed by atoms with Gasteiger partial charge in [-0.25, -0.2) is 4.98 Å². The number of nitrogens with zero attached hydrogens (tertiary/aromatic N) is 2. The number of anilines is 1. The first-order valence-corrected chi connectivity index (χ1v) is 4.62. The quantitative estimate of drug-likeness (QED) is 0.793. The molecule has 78 valence electrons. The summed E-state index contributed by atoms with van der Waals surface area (Å²) in [7, 11) is 1.70. The summed E-state index contributed by atoms with van der Waals surface area (Å²) in [4.78, 5) is 8.33. The zero-order chi connectivity index (χ0) is 10.6. The third-order valence-corrected chi connectivity index (χ3v) is 2.12. The van der Waals surface area contributed by atoms with Gasteiger partial charge in [0.2, 0.25) is 0 Å². The molecule has 0 amide bonds. The van der Waals surface area contributed by atoms with Crippen LogP contribution >= 0.6 is 0 Å². The van der Waals surface area contributed by atoms with Crippen molar-refractivity contribution in [3.8, 4) is 0 Å². The normalized spacial score (nSPS) is 11.4. The molecule has 0 aromatic carbocycles. The van der Waals surface area contributed by atoms with Gasteiger partial charge in [-0.05, 0) is 20.8 Å². The molecular weight excluding hydrogens is 178 g/mol. The minimum absolute atomic E-state index is 0.191. The van der Waals surface area contributed by atoms with Crippen LogP contribution in [0.4, 0.5) is 5.82 Å². The lowest BCUT2D eigenvalue weighted by Gasteiger charge is -2.23. The molecule has 0 bridgehead atoms. The maximum Gasteiger partial charge on any atom is 0.147 e. The Morgan fingerprint density at radius 3 is 2.57 bits per heavy atom. The third kappa shape index (κ3) is 2.96. The number of methoxy groups -OCH3 is 1. The van der Waals surface area contributed by atoms with Gasteiger partial charge in [-0.3, -0.25) is 4.98 Å². The van der Waals surface area contributed by atoms with Gasteiger partial charge < -0.3 is 10.1 Å². The van der Waals surface area contributed by atoms with Crippen molar-refractivity contribution < 1.29 is 4.74 Å². The molecule has 0 radical (unpaired) electrons. The fourth-order valence-corrected chi connectivity index (χ4v) is 0.950. The Hall–Kier alpha value is -1.16. The second kappa shape index (κ2) is 4.37. The molecule has 0 unspecified atom stereocenters. The summed E-state index contributed by atoms with van der Waals surface area (Å²) in [6.45, 7) is 6.68. The molecule has 1 rings (SSSR count). The molecule has 0 aliphatic rings. The molecular formula is C10H17N3O. The Bertz CT molecular complexity index is 299. The fourth-order valence-electron chi connectivity index (χ4n) is 0.950. The Kier molecular flexibility index (Phi) is 3.41. The molecule has 0 fully saturated rings. The lowest BCUT2D eigenvalue weighted by molar-refractivity contribution is 0.0343. The van der Waals surface area contributed by atoms with Crippen LogP contribution in [-0.4, -0.2) is 29.2 Å². The van der Waals surface area contributed by atoms with Gasteiger partial charge >= 0.3 is 0 Å². The Labute approximate surface area is 84.7 Å². The summed E-state index contributed by atoms with van der Waals surface area (Å²) in [6.07, 6.45) is 3.36. The Morgan fingerprint density at radius 1 is 1.36 bits per heavy atom. The zero-order valence-corrected chi connectivity index (χ0v) is 9.16. The first-order valence-electron chi connectivity index (χ1n) is 4.62. The number of aromatic nitrogens is 2. The van der Waals surface area contributed by atoms with Gasteiger partial charge in [-0.2, -0.15) is 0 Å². The van der Waals surface area contributed by atoms with Crippen LogP contribution in [0.5, 0.6) is 0 Å². The minimum atomic E-state index is -0.191. The largest absolute Gasteiger partial charge is 0.377 e. The molecule has 4 nitrogen and oxygen atoms in total. The van der Waals surface area contributed by atoms with Crippen LogP contribution in [0.1, 0.15) is 19.5 Å². The average Bonchev–Trinajstić information content (AvgIpc) is 2.17. The molecule has 0 saturated heterocycles. The summed E-state index contributed by atoms with van der Waals surface area (Å²) in [5.74, 6) is 0.817. The molecule has 1 heterocycles. The van der Waals surface area contributed by atoms with Crippen molar-refractivity contribution in [2.75, 3.05) is 19.0 Å². The summed E-state index contributed by atoms with van der Waals surface area (Å²) >= 11 is 0. The van der Waals surface area contributed by atoms with E-state index in [4.69, 9.17) is 4.74 Å². The van der Waals surface area contributed by atoms with Gasteiger partial charge in [0.25, 0.3) is 0 Å². The zero-order valence-electron chi connectivity index (χ0n) is 9.16. The van der Waals surface area contributed by atoms with E-state index < -0.39 is 0 Å². The molecule has 1 aromatic heterocycles. The van der Waals surface area contributed by atoms with Crippen LogP contribution in [-0.2, 0) is 4.74 Å². The summed E-state index contributed by atoms with van der Waals surface area (Å²) < 4.78 is 5.29. The van der Waals surface area contributed by atoms with Crippen molar-refractivity contribution in [3.05, 3.63) is 18.1 Å². The molecule has 1 aromatic rings. The number of nitrogens with one attached hydrogen (secondary N) is 1. The van der Waals surface area contributed by atoms with E-state index in [0.717, 1.165) is 11.5 Å². The maximum absolute atomic E-state index is 5.29. The molecule has 1 N–H and O–H groups in total. The number of aryl methyl sites for hydroxylation is 1. The average molecular weight is 195 g/mol. The molecule has 14 heavy (non-hydrogen) atoms. The molecule has 0 spiro atoms. The lowest BCUT2D eigenvalue weighted by atomic mass is 10.1. The highest BCUT2D eigenvalue weighted by molar-refractivity contribution is 5.38. The van der Waals surface area contributed by atoms with Crippen LogP contribution in [0, 0.1) is 6.92 Å². The van der Waals surface area contributed by atoms with E-state index in [9.17, 15) is 0 Å². The predicted molar refractivity (Wildman–Crippen MR) is 56.3 cm³/mol. The fraction of sp³-hybridized carbons (Fsp3) is 0.600. The van der Waals surface area contributed by atoms with Gasteiger partial charge in [-0.15, -0.1) is 0 Å². The smallest absolute Gasteiger partial charge is 0.147 e. The standard InChI is InChI=1S/C10H17N3O/c1-8-9(12-6-5-11-8)13-7-10(2,3)14-4/h5-6H,7H2,1-4H3,(H,12,13). The molecule has 0 aliphatic carbocycles. The first-order chi connectivity index (χ1) is 6.55. The van der Waals surface area contributed by atoms with Gasteiger partial charge in [0.15, 0.2) is 0 Å². The molecule has 0 atom stereocenters. The highest BCUT2D eigenvalue weighted by atomic mass is 16.5. The number of ether oxygens (including phenoxy) is 1. The van der Waals surface area contributed by atoms with Crippen LogP contribution in [0.2, 0.25) is 0 Å². The van der Waals surface area contributed by atoms with Crippen LogP contribution in [0.15, 0.2) is 12.4 Å². The summed E-state index contributed by atoms with van der Waals surface area (Å²) in [5, 5.41) is 3.21. The van der Waals surface area contributed by atoms with E-state index in [1.807, 2.05) is 20.8 Å².